The van der Waals surface area contributed by atoms with Gasteiger partial charge in [0.2, 0.25) is 12.1 Å². The summed E-state index contributed by atoms with van der Waals surface area (Å²) in [4.78, 5) is 51.8. The monoisotopic (exact) mass is 483 g/mol. The molecular weight excluding hydrogens is 458 g/mol. The van der Waals surface area contributed by atoms with E-state index in [2.05, 4.69) is 10.6 Å². The molecule has 3 amide bonds. The number of amides is 3. The molecule has 2 fully saturated rings. The first kappa shape index (κ1) is 23.6. The number of nitrogens with zero attached hydrogens (tertiary/aromatic N) is 1. The van der Waals surface area contributed by atoms with Crippen molar-refractivity contribution in [2.24, 2.45) is 0 Å². The van der Waals surface area contributed by atoms with Crippen molar-refractivity contribution < 1.29 is 28.7 Å². The van der Waals surface area contributed by atoms with Gasteiger partial charge in [-0.25, -0.2) is 4.79 Å². The van der Waals surface area contributed by atoms with Crippen molar-refractivity contribution in [1.82, 2.24) is 15.5 Å². The maximum atomic E-state index is 13.6. The number of hydrogen-bond donors (Lipinski definition) is 2. The lowest BCUT2D eigenvalue weighted by atomic mass is 9.88. The molecule has 2 aliphatic rings. The zero-order valence-electron chi connectivity index (χ0n) is 18.7. The molecule has 3 atom stereocenters. The number of thioether (sulfide) groups is 1. The van der Waals surface area contributed by atoms with E-state index in [0.717, 1.165) is 5.56 Å². The fourth-order valence-electron chi connectivity index (χ4n) is 4.18. The van der Waals surface area contributed by atoms with Crippen LogP contribution in [0.25, 0.3) is 0 Å². The Bertz CT molecular complexity index is 1080. The van der Waals surface area contributed by atoms with Crippen LogP contribution in [0, 0.1) is 0 Å². The number of ether oxygens (including phenoxy) is 2. The van der Waals surface area contributed by atoms with Gasteiger partial charge in [0.05, 0.1) is 4.75 Å². The van der Waals surface area contributed by atoms with Gasteiger partial charge in [0.25, 0.3) is 11.8 Å². The molecule has 2 aliphatic heterocycles. The van der Waals surface area contributed by atoms with Gasteiger partial charge in [-0.15, -0.1) is 11.8 Å². The van der Waals surface area contributed by atoms with E-state index in [4.69, 9.17) is 9.47 Å². The summed E-state index contributed by atoms with van der Waals surface area (Å²) in [6.07, 6.45) is 0.452. The summed E-state index contributed by atoms with van der Waals surface area (Å²) in [7, 11) is 0. The molecule has 0 bridgehead atoms. The third-order valence-corrected chi connectivity index (χ3v) is 7.49. The number of esters is 1. The molecule has 2 saturated heterocycles. The van der Waals surface area contributed by atoms with Crippen molar-refractivity contribution in [2.75, 3.05) is 6.61 Å². The van der Waals surface area contributed by atoms with Crippen LogP contribution in [-0.2, 0) is 30.5 Å². The summed E-state index contributed by atoms with van der Waals surface area (Å²) in [5, 5.41) is 4.70. The molecular formula is C24H25N3O6S. The predicted molar refractivity (Wildman–Crippen MR) is 124 cm³/mol. The highest BCUT2D eigenvalue weighted by atomic mass is 32.2. The minimum Gasteiger partial charge on any atom is -0.484 e. The summed E-state index contributed by atoms with van der Waals surface area (Å²) in [6, 6.07) is 17.1. The number of carbonyl (C=O) groups is 4. The highest BCUT2D eigenvalue weighted by Gasteiger charge is 2.74. The van der Waals surface area contributed by atoms with E-state index in [1.165, 1.54) is 16.7 Å². The third-order valence-electron chi connectivity index (χ3n) is 5.88. The van der Waals surface area contributed by atoms with E-state index >= 15 is 0 Å². The van der Waals surface area contributed by atoms with Crippen LogP contribution in [0.2, 0.25) is 0 Å². The molecule has 34 heavy (non-hydrogen) atoms. The van der Waals surface area contributed by atoms with E-state index in [-0.39, 0.29) is 13.2 Å². The number of hydrogen-bond acceptors (Lipinski definition) is 7. The maximum Gasteiger partial charge on any atom is 0.355 e. The molecule has 2 aromatic carbocycles. The largest absolute Gasteiger partial charge is 0.484 e. The van der Waals surface area contributed by atoms with Gasteiger partial charge in [0.15, 0.2) is 6.61 Å². The second-order valence-electron chi connectivity index (χ2n) is 8.41. The van der Waals surface area contributed by atoms with Crippen LogP contribution in [0.3, 0.4) is 0 Å². The Morgan fingerprint density at radius 2 is 1.74 bits per heavy atom. The Labute approximate surface area is 201 Å². The average Bonchev–Trinajstić information content (AvgIpc) is 3.05. The van der Waals surface area contributed by atoms with E-state index in [1.54, 1.807) is 38.1 Å². The Morgan fingerprint density at radius 3 is 2.38 bits per heavy atom. The molecule has 0 aromatic heterocycles. The van der Waals surface area contributed by atoms with Gasteiger partial charge < -0.3 is 20.1 Å². The van der Waals surface area contributed by atoms with Crippen molar-refractivity contribution in [3.63, 3.8) is 0 Å². The van der Waals surface area contributed by atoms with Gasteiger partial charge in [0.1, 0.15) is 23.8 Å². The first-order valence-corrected chi connectivity index (χ1v) is 11.6. The highest BCUT2D eigenvalue weighted by molar-refractivity contribution is 8.01. The Hall–Kier alpha value is -3.53. The number of para-hydroxylation sites is 1. The Kier molecular flexibility index (Phi) is 6.52. The van der Waals surface area contributed by atoms with Gasteiger partial charge in [-0.05, 0) is 31.5 Å². The number of nitrogens with one attached hydrogen (secondary N) is 2. The second-order valence-corrected chi connectivity index (χ2v) is 10.2. The van der Waals surface area contributed by atoms with E-state index in [9.17, 15) is 19.2 Å². The summed E-state index contributed by atoms with van der Waals surface area (Å²) >= 11 is 1.31. The van der Waals surface area contributed by atoms with Crippen LogP contribution in [0.4, 0.5) is 0 Å². The van der Waals surface area contributed by atoms with Gasteiger partial charge >= 0.3 is 5.97 Å². The van der Waals surface area contributed by atoms with Gasteiger partial charge in [0, 0.05) is 0 Å². The van der Waals surface area contributed by atoms with E-state index in [0.29, 0.717) is 12.2 Å². The topological polar surface area (TPSA) is 114 Å². The molecule has 0 unspecified atom stereocenters. The first-order valence-electron chi connectivity index (χ1n) is 10.7. The highest BCUT2D eigenvalue weighted by Crippen LogP contribution is 2.56. The molecule has 2 heterocycles. The minimum absolute atomic E-state index is 0.0265. The van der Waals surface area contributed by atoms with E-state index < -0.39 is 39.6 Å². The molecule has 0 radical (unpaired) electrons. The lowest BCUT2D eigenvalue weighted by molar-refractivity contribution is -0.181. The molecule has 0 spiro atoms. The van der Waals surface area contributed by atoms with Crippen LogP contribution < -0.4 is 15.4 Å². The third kappa shape index (κ3) is 4.09. The molecule has 4 rings (SSSR count). The number of rotatable bonds is 9. The zero-order chi connectivity index (χ0) is 24.3. The molecule has 10 heteroatoms. The lowest BCUT2D eigenvalue weighted by Crippen LogP contribution is -2.80. The summed E-state index contributed by atoms with van der Waals surface area (Å²) < 4.78 is 10.2. The molecule has 178 valence electrons. The average molecular weight is 484 g/mol. The number of β-lactam (4-membered cyclic amide) rings is 1. The fourth-order valence-corrected chi connectivity index (χ4v) is 5.89. The SMILES string of the molecule is CC1(C)S[C@@H]2[C@H](NC=O)C(=O)N2[C@@]1(NC(=O)COc1ccccc1)C(=O)OCc1ccccc1. The molecule has 9 nitrogen and oxygen atoms in total. The van der Waals surface area contributed by atoms with Crippen LogP contribution >= 0.6 is 11.8 Å². The smallest absolute Gasteiger partial charge is 0.355 e. The zero-order valence-corrected chi connectivity index (χ0v) is 19.5. The lowest BCUT2D eigenvalue weighted by Gasteiger charge is -2.50. The van der Waals surface area contributed by atoms with Crippen LogP contribution in [0.1, 0.15) is 19.4 Å². The Morgan fingerprint density at radius 1 is 1.09 bits per heavy atom. The van der Waals surface area contributed by atoms with E-state index in [1.807, 2.05) is 36.4 Å². The number of carbonyl (C=O) groups excluding carboxylic acids is 4. The Balaban J connectivity index is 1.59. The normalized spacial score (nSPS) is 24.4. The summed E-state index contributed by atoms with van der Waals surface area (Å²) in [5.74, 6) is -1.33. The van der Waals surface area contributed by atoms with Crippen LogP contribution in [0.5, 0.6) is 5.75 Å². The predicted octanol–water partition coefficient (Wildman–Crippen LogP) is 1.43. The van der Waals surface area contributed by atoms with Gasteiger partial charge in [-0.1, -0.05) is 48.5 Å². The van der Waals surface area contributed by atoms with Crippen molar-refractivity contribution in [2.45, 2.75) is 42.3 Å². The van der Waals surface area contributed by atoms with Gasteiger partial charge in [-0.2, -0.15) is 0 Å². The van der Waals surface area contributed by atoms with Crippen molar-refractivity contribution in [1.29, 1.82) is 0 Å². The van der Waals surface area contributed by atoms with Crippen molar-refractivity contribution >= 4 is 36.0 Å². The van der Waals surface area contributed by atoms with Crippen molar-refractivity contribution in [3.8, 4) is 5.75 Å². The molecule has 0 aliphatic carbocycles. The fraction of sp³-hybridized carbons (Fsp3) is 0.333. The first-order chi connectivity index (χ1) is 16.3. The number of benzene rings is 2. The quantitative estimate of drug-likeness (QED) is 0.315. The summed E-state index contributed by atoms with van der Waals surface area (Å²) in [6.45, 7) is 3.12. The second kappa shape index (κ2) is 9.38. The standard InChI is InChI=1S/C24H25N3O6S/c1-23(2)24(22(31)33-13-16-9-5-3-6-10-16,27-20(30)19(25-15-28)21(27)34-23)26-18(29)14-32-17-11-7-4-8-12-17/h3-12,15,19,21H,13-14H2,1-2H3,(H,25,28)(H,26,29)/t19-,21-,24+/m1/s1. The van der Waals surface area contributed by atoms with Crippen molar-refractivity contribution in [3.05, 3.63) is 66.2 Å². The van der Waals surface area contributed by atoms with Gasteiger partial charge in [-0.3, -0.25) is 19.3 Å². The summed E-state index contributed by atoms with van der Waals surface area (Å²) in [5.41, 5.74) is -1.02. The maximum absolute atomic E-state index is 13.6. The van der Waals surface area contributed by atoms with Crippen LogP contribution in [0.15, 0.2) is 60.7 Å². The molecule has 2 N–H and O–H groups in total. The molecule has 0 saturated carbocycles. The minimum atomic E-state index is -1.79. The molecule has 2 aromatic rings. The van der Waals surface area contributed by atoms with Crippen LogP contribution in [-0.4, -0.2) is 57.5 Å². The number of fused-ring (bicyclic) bond motifs is 1.